The number of phosphoric acid groups is 1. The Morgan fingerprint density at radius 2 is 0.483 bits per heavy atom. The van der Waals surface area contributed by atoms with Gasteiger partial charge >= 0.3 is 19.8 Å². The lowest BCUT2D eigenvalue weighted by Crippen LogP contribution is -2.29. The average molecular weight is 1280 g/mol. The second kappa shape index (κ2) is 76.0. The first-order valence-electron chi connectivity index (χ1n) is 40.5. The van der Waals surface area contributed by atoms with E-state index in [1.807, 2.05) is 0 Å². The van der Waals surface area contributed by atoms with Crippen LogP contribution in [-0.2, 0) is 32.7 Å². The zero-order valence-electron chi connectivity index (χ0n) is 60.2. The average Bonchev–Trinajstić information content (AvgIpc) is 3.60. The molecule has 2 atom stereocenters. The highest BCUT2D eigenvalue weighted by Crippen LogP contribution is 2.43. The third kappa shape index (κ3) is 75.9. The van der Waals surface area contributed by atoms with Gasteiger partial charge in [0.25, 0.3) is 0 Å². The first-order valence-corrected chi connectivity index (χ1v) is 42.0. The standard InChI is InChI=1S/C79H158NO8P/c1-3-5-7-9-11-13-15-17-19-21-23-25-27-29-31-33-35-37-39-41-43-45-47-49-51-53-55-57-59-61-63-65-67-69-71-78(81)85-75-77(76-87-89(83,84)86-74-73-80)88-79(82)72-70-68-66-64-62-60-58-56-54-52-50-48-46-44-42-40-38-36-34-32-30-28-26-24-22-20-18-16-14-12-10-8-6-4-2/h77H,3-76,80H2,1-2H3,(H,83,84). The fourth-order valence-electron chi connectivity index (χ4n) is 13.0. The van der Waals surface area contributed by atoms with Crippen molar-refractivity contribution in [3.05, 3.63) is 0 Å². The number of hydrogen-bond donors (Lipinski definition) is 2. The quantitative estimate of drug-likeness (QED) is 0.0347. The molecule has 0 fully saturated rings. The summed E-state index contributed by atoms with van der Waals surface area (Å²) in [6.45, 7) is 3.86. The molecule has 0 aliphatic carbocycles. The van der Waals surface area contributed by atoms with E-state index in [0.717, 1.165) is 32.1 Å². The van der Waals surface area contributed by atoms with Gasteiger partial charge in [0, 0.05) is 19.4 Å². The molecule has 0 heterocycles. The molecule has 0 saturated carbocycles. The van der Waals surface area contributed by atoms with Crippen LogP contribution in [-0.4, -0.2) is 49.3 Å². The van der Waals surface area contributed by atoms with Crippen molar-refractivity contribution in [3.8, 4) is 0 Å². The molecule has 0 radical (unpaired) electrons. The Kier molecular flexibility index (Phi) is 75.2. The number of nitrogens with two attached hydrogens (primary N) is 1. The maximum absolute atomic E-state index is 12.8. The molecule has 2 unspecified atom stereocenters. The molecule has 9 nitrogen and oxygen atoms in total. The van der Waals surface area contributed by atoms with Crippen LogP contribution in [0, 0.1) is 0 Å². The summed E-state index contributed by atoms with van der Waals surface area (Å²) in [6, 6.07) is 0. The minimum Gasteiger partial charge on any atom is -0.462 e. The summed E-state index contributed by atoms with van der Waals surface area (Å²) in [6.07, 6.45) is 92.6. The van der Waals surface area contributed by atoms with E-state index < -0.39 is 26.5 Å². The first-order chi connectivity index (χ1) is 43.8. The van der Waals surface area contributed by atoms with Gasteiger partial charge in [-0.2, -0.15) is 0 Å². The van der Waals surface area contributed by atoms with Gasteiger partial charge in [-0.15, -0.1) is 0 Å². The van der Waals surface area contributed by atoms with E-state index in [1.165, 1.54) is 398 Å². The van der Waals surface area contributed by atoms with E-state index in [2.05, 4.69) is 13.8 Å². The highest BCUT2D eigenvalue weighted by Gasteiger charge is 2.26. The van der Waals surface area contributed by atoms with E-state index in [9.17, 15) is 19.0 Å². The largest absolute Gasteiger partial charge is 0.472 e. The van der Waals surface area contributed by atoms with E-state index in [1.54, 1.807) is 0 Å². The smallest absolute Gasteiger partial charge is 0.462 e. The Bertz CT molecular complexity index is 1420. The number of rotatable bonds is 79. The molecular formula is C79H158NO8P. The van der Waals surface area contributed by atoms with Crippen LogP contribution in [0.2, 0.25) is 0 Å². The third-order valence-corrected chi connectivity index (χ3v) is 20.0. The molecule has 89 heavy (non-hydrogen) atoms. The van der Waals surface area contributed by atoms with Crippen LogP contribution in [0.4, 0.5) is 0 Å². The van der Waals surface area contributed by atoms with Crippen LogP contribution in [0.3, 0.4) is 0 Å². The highest BCUT2D eigenvalue weighted by molar-refractivity contribution is 7.47. The fraction of sp³-hybridized carbons (Fsp3) is 0.975. The first kappa shape index (κ1) is 88.0. The van der Waals surface area contributed by atoms with Crippen LogP contribution >= 0.6 is 7.82 Å². The minimum atomic E-state index is -4.39. The van der Waals surface area contributed by atoms with E-state index >= 15 is 0 Å². The number of esters is 2. The second-order valence-electron chi connectivity index (χ2n) is 28.0. The van der Waals surface area contributed by atoms with Crippen molar-refractivity contribution in [2.24, 2.45) is 5.73 Å². The Morgan fingerprint density at radius 1 is 0.292 bits per heavy atom. The van der Waals surface area contributed by atoms with Crippen molar-refractivity contribution < 1.29 is 37.6 Å². The van der Waals surface area contributed by atoms with Crippen LogP contribution in [0.25, 0.3) is 0 Å². The van der Waals surface area contributed by atoms with Gasteiger partial charge in [0.1, 0.15) is 6.61 Å². The number of carbonyl (C=O) groups excluding carboxylic acids is 2. The Labute approximate surface area is 556 Å². The SMILES string of the molecule is CCCCCCCCCCCCCCCCCCCCCCCCCCCCCCCCCCCCC(=O)OCC(COP(=O)(O)OCCN)OC(=O)CCCCCCCCCCCCCCCCCCCCCCCCCCCCCCCCCCCC. The van der Waals surface area contributed by atoms with Crippen molar-refractivity contribution in [3.63, 3.8) is 0 Å². The molecule has 0 aromatic carbocycles. The number of hydrogen-bond acceptors (Lipinski definition) is 8. The lowest BCUT2D eigenvalue weighted by molar-refractivity contribution is -0.161. The molecule has 0 aliphatic heterocycles. The van der Waals surface area contributed by atoms with Crippen LogP contribution in [0.1, 0.15) is 463 Å². The summed E-state index contributed by atoms with van der Waals surface area (Å²) in [5.41, 5.74) is 5.42. The maximum Gasteiger partial charge on any atom is 0.472 e. The molecule has 0 aromatic rings. The van der Waals surface area contributed by atoms with Gasteiger partial charge in [0.05, 0.1) is 13.2 Å². The van der Waals surface area contributed by atoms with Gasteiger partial charge in [-0.05, 0) is 12.8 Å². The summed E-state index contributed by atoms with van der Waals surface area (Å²) >= 11 is 0. The van der Waals surface area contributed by atoms with Crippen molar-refractivity contribution in [1.82, 2.24) is 0 Å². The van der Waals surface area contributed by atoms with Gasteiger partial charge in [-0.1, -0.05) is 438 Å². The van der Waals surface area contributed by atoms with Crippen molar-refractivity contribution >= 4 is 19.8 Å². The summed E-state index contributed by atoms with van der Waals surface area (Å²) < 4.78 is 33.3. The van der Waals surface area contributed by atoms with Gasteiger partial charge in [0.15, 0.2) is 6.10 Å². The number of phosphoric ester groups is 1. The van der Waals surface area contributed by atoms with E-state index in [0.29, 0.717) is 12.8 Å². The lowest BCUT2D eigenvalue weighted by atomic mass is 10.0. The molecule has 0 aromatic heterocycles. The molecule has 0 bridgehead atoms. The molecule has 0 aliphatic rings. The molecule has 10 heteroatoms. The third-order valence-electron chi connectivity index (χ3n) is 19.0. The van der Waals surface area contributed by atoms with Crippen LogP contribution < -0.4 is 5.73 Å². The number of unbranched alkanes of at least 4 members (excludes halogenated alkanes) is 66. The molecule has 0 rings (SSSR count). The minimum absolute atomic E-state index is 0.0590. The lowest BCUT2D eigenvalue weighted by Gasteiger charge is -2.19. The predicted octanol–water partition coefficient (Wildman–Crippen LogP) is 26.9. The summed E-state index contributed by atoms with van der Waals surface area (Å²) in [5.74, 6) is -0.794. The zero-order chi connectivity index (χ0) is 64.4. The monoisotopic (exact) mass is 1280 g/mol. The molecule has 0 amide bonds. The van der Waals surface area contributed by atoms with Gasteiger partial charge in [-0.25, -0.2) is 4.57 Å². The van der Waals surface area contributed by atoms with Crippen molar-refractivity contribution in [2.75, 3.05) is 26.4 Å². The van der Waals surface area contributed by atoms with E-state index in [-0.39, 0.29) is 32.1 Å². The normalized spacial score (nSPS) is 12.7. The Morgan fingerprint density at radius 3 is 0.685 bits per heavy atom. The molecule has 0 spiro atoms. The van der Waals surface area contributed by atoms with E-state index in [4.69, 9.17) is 24.3 Å². The topological polar surface area (TPSA) is 134 Å². The maximum atomic E-state index is 12.8. The second-order valence-corrected chi connectivity index (χ2v) is 29.5. The summed E-state index contributed by atoms with van der Waals surface area (Å²) in [5, 5.41) is 0. The van der Waals surface area contributed by atoms with Crippen LogP contribution in [0.5, 0.6) is 0 Å². The molecule has 0 saturated heterocycles. The highest BCUT2D eigenvalue weighted by atomic mass is 31.2. The number of carbonyl (C=O) groups is 2. The zero-order valence-corrected chi connectivity index (χ0v) is 61.1. The molecular weight excluding hydrogens is 1120 g/mol. The predicted molar refractivity (Wildman–Crippen MR) is 386 cm³/mol. The van der Waals surface area contributed by atoms with Gasteiger partial charge in [0.2, 0.25) is 0 Å². The molecule has 532 valence electrons. The fourth-order valence-corrected chi connectivity index (χ4v) is 13.8. The summed E-state index contributed by atoms with van der Waals surface area (Å²) in [4.78, 5) is 35.5. The number of ether oxygens (including phenoxy) is 2. The van der Waals surface area contributed by atoms with Crippen LogP contribution in [0.15, 0.2) is 0 Å². The molecule has 3 N–H and O–H groups in total. The Balaban J connectivity index is 3.72. The van der Waals surface area contributed by atoms with Crippen molar-refractivity contribution in [2.45, 2.75) is 469 Å². The van der Waals surface area contributed by atoms with Gasteiger partial charge < -0.3 is 20.1 Å². The summed E-state index contributed by atoms with van der Waals surface area (Å²) in [7, 11) is -4.39. The van der Waals surface area contributed by atoms with Crippen molar-refractivity contribution in [1.29, 1.82) is 0 Å². The van der Waals surface area contributed by atoms with Gasteiger partial charge in [-0.3, -0.25) is 18.6 Å². The Hall–Kier alpha value is -0.990.